The average Bonchev–Trinajstić information content (AvgIpc) is 3.06. The molecule has 1 N–H and O–H groups in total. The van der Waals surface area contributed by atoms with E-state index in [2.05, 4.69) is 43.7 Å². The molecule has 1 saturated carbocycles. The maximum Gasteiger partial charge on any atom is 0.226 e. The van der Waals surface area contributed by atoms with E-state index in [4.69, 9.17) is 0 Å². The zero-order valence-corrected chi connectivity index (χ0v) is 18.0. The third-order valence-corrected chi connectivity index (χ3v) is 6.71. The summed E-state index contributed by atoms with van der Waals surface area (Å²) < 4.78 is 26.7. The maximum absolute atomic E-state index is 13.5. The third-order valence-electron chi connectivity index (χ3n) is 6.71. The zero-order chi connectivity index (χ0) is 21.6. The number of carbonyl (C=O) groups is 1. The number of allylic oxidation sites excluding steroid dienone is 2. The summed E-state index contributed by atoms with van der Waals surface area (Å²) in [6.07, 6.45) is 5.59. The normalized spacial score (nSPS) is 23.3. The van der Waals surface area contributed by atoms with E-state index in [-0.39, 0.29) is 23.2 Å². The van der Waals surface area contributed by atoms with Gasteiger partial charge in [0.25, 0.3) is 0 Å². The largest absolute Gasteiger partial charge is 0.342 e. The maximum atomic E-state index is 13.5. The number of amides is 1. The van der Waals surface area contributed by atoms with Crippen LogP contribution in [0.3, 0.4) is 0 Å². The molecule has 30 heavy (non-hydrogen) atoms. The Labute approximate surface area is 176 Å². The van der Waals surface area contributed by atoms with Crippen molar-refractivity contribution in [3.8, 4) is 11.3 Å². The molecule has 160 valence electrons. The van der Waals surface area contributed by atoms with Gasteiger partial charge in [-0.05, 0) is 56.2 Å². The lowest BCUT2D eigenvalue weighted by atomic mass is 9.95. The second-order valence-corrected chi connectivity index (χ2v) is 9.48. The van der Waals surface area contributed by atoms with E-state index in [9.17, 15) is 13.6 Å². The minimum Gasteiger partial charge on any atom is -0.342 e. The number of rotatable bonds is 4. The fourth-order valence-corrected chi connectivity index (χ4v) is 4.74. The Bertz CT molecular complexity index is 982. The van der Waals surface area contributed by atoms with Crippen molar-refractivity contribution < 1.29 is 13.6 Å². The van der Waals surface area contributed by atoms with Crippen LogP contribution < -0.4 is 0 Å². The highest BCUT2D eigenvalue weighted by atomic mass is 19.2. The van der Waals surface area contributed by atoms with Crippen molar-refractivity contribution in [2.75, 3.05) is 13.1 Å². The molecule has 6 heteroatoms. The Hall–Kier alpha value is -2.50. The number of carbonyl (C=O) groups excluding carboxylic acids is 1. The molecule has 1 saturated heterocycles. The van der Waals surface area contributed by atoms with Crippen LogP contribution >= 0.6 is 0 Å². The Morgan fingerprint density at radius 2 is 1.90 bits per heavy atom. The van der Waals surface area contributed by atoms with Crippen LogP contribution in [0.2, 0.25) is 0 Å². The number of imidazole rings is 1. The molecule has 0 bridgehead atoms. The molecule has 2 heterocycles. The summed E-state index contributed by atoms with van der Waals surface area (Å²) in [4.78, 5) is 22.8. The van der Waals surface area contributed by atoms with Gasteiger partial charge < -0.3 is 9.88 Å². The minimum absolute atomic E-state index is 0.0333. The third kappa shape index (κ3) is 3.80. The molecule has 4 rings (SSSR count). The lowest BCUT2D eigenvalue weighted by Crippen LogP contribution is -2.39. The fraction of sp³-hybridized carbons (Fsp3) is 0.500. The Morgan fingerprint density at radius 3 is 2.53 bits per heavy atom. The van der Waals surface area contributed by atoms with Crippen LogP contribution in [0.4, 0.5) is 8.78 Å². The van der Waals surface area contributed by atoms with Gasteiger partial charge in [0.1, 0.15) is 5.82 Å². The quantitative estimate of drug-likeness (QED) is 0.692. The van der Waals surface area contributed by atoms with E-state index in [1.165, 1.54) is 17.7 Å². The van der Waals surface area contributed by atoms with Crippen molar-refractivity contribution in [3.63, 3.8) is 0 Å². The Balaban J connectivity index is 1.38. The Kier molecular flexibility index (Phi) is 5.28. The minimum atomic E-state index is -0.870. The number of benzene rings is 1. The highest BCUT2D eigenvalue weighted by molar-refractivity contribution is 5.84. The Morgan fingerprint density at radius 1 is 1.20 bits per heavy atom. The van der Waals surface area contributed by atoms with Gasteiger partial charge in [0.2, 0.25) is 5.91 Å². The number of aromatic amines is 1. The zero-order valence-electron chi connectivity index (χ0n) is 18.0. The van der Waals surface area contributed by atoms with Crippen LogP contribution in [0.1, 0.15) is 52.3 Å². The first kappa shape index (κ1) is 20.8. The predicted octanol–water partition coefficient (Wildman–Crippen LogP) is 5.30. The molecule has 1 aromatic heterocycles. The van der Waals surface area contributed by atoms with Crippen molar-refractivity contribution in [2.24, 2.45) is 17.3 Å². The van der Waals surface area contributed by atoms with Gasteiger partial charge in [-0.3, -0.25) is 4.79 Å². The average molecular weight is 414 g/mol. The smallest absolute Gasteiger partial charge is 0.226 e. The standard InChI is InChI=1S/C24H29F2N3O/c1-14(2)11-17-21(24(17,3)4)23(30)29-9-7-15(8-10-29)22-27-13-20(28-22)16-5-6-18(25)19(26)12-16/h5-6,11-13,15,17,21H,7-10H2,1-4H3,(H,27,28). The molecule has 1 aliphatic heterocycles. The van der Waals surface area contributed by atoms with Gasteiger partial charge in [-0.1, -0.05) is 25.5 Å². The molecule has 1 aromatic carbocycles. The number of hydrogen-bond donors (Lipinski definition) is 1. The summed E-state index contributed by atoms with van der Waals surface area (Å²) in [7, 11) is 0. The second kappa shape index (κ2) is 7.64. The molecule has 1 aliphatic carbocycles. The molecular weight excluding hydrogens is 384 g/mol. The number of nitrogens with one attached hydrogen (secondary N) is 1. The van der Waals surface area contributed by atoms with E-state index < -0.39 is 11.6 Å². The first-order valence-corrected chi connectivity index (χ1v) is 10.6. The number of hydrogen-bond acceptors (Lipinski definition) is 2. The van der Waals surface area contributed by atoms with Crippen LogP contribution in [0.15, 0.2) is 36.0 Å². The summed E-state index contributed by atoms with van der Waals surface area (Å²) >= 11 is 0. The number of piperidine rings is 1. The van der Waals surface area contributed by atoms with Gasteiger partial charge in [-0.15, -0.1) is 0 Å². The molecule has 1 amide bonds. The van der Waals surface area contributed by atoms with E-state index in [1.54, 1.807) is 6.20 Å². The molecule has 2 atom stereocenters. The summed E-state index contributed by atoms with van der Waals surface area (Å²) in [6, 6.07) is 3.84. The summed E-state index contributed by atoms with van der Waals surface area (Å²) in [5, 5.41) is 0. The summed E-state index contributed by atoms with van der Waals surface area (Å²) in [6.45, 7) is 9.96. The number of H-pyrrole nitrogens is 1. The van der Waals surface area contributed by atoms with Gasteiger partial charge in [0.15, 0.2) is 11.6 Å². The van der Waals surface area contributed by atoms with Gasteiger partial charge in [0, 0.05) is 24.6 Å². The van der Waals surface area contributed by atoms with Gasteiger partial charge in [-0.25, -0.2) is 13.8 Å². The van der Waals surface area contributed by atoms with Crippen LogP contribution in [0.25, 0.3) is 11.3 Å². The topological polar surface area (TPSA) is 49.0 Å². The predicted molar refractivity (Wildman–Crippen MR) is 113 cm³/mol. The van der Waals surface area contributed by atoms with Crippen molar-refractivity contribution in [3.05, 3.63) is 53.5 Å². The molecule has 2 aromatic rings. The van der Waals surface area contributed by atoms with E-state index in [0.717, 1.165) is 37.8 Å². The van der Waals surface area contributed by atoms with Crippen LogP contribution in [0, 0.1) is 28.9 Å². The van der Waals surface area contributed by atoms with E-state index >= 15 is 0 Å². The van der Waals surface area contributed by atoms with Crippen molar-refractivity contribution >= 4 is 5.91 Å². The number of nitrogens with zero attached hydrogens (tertiary/aromatic N) is 2. The fourth-order valence-electron chi connectivity index (χ4n) is 4.74. The first-order valence-electron chi connectivity index (χ1n) is 10.6. The van der Waals surface area contributed by atoms with Crippen LogP contribution in [0.5, 0.6) is 0 Å². The summed E-state index contributed by atoms with van der Waals surface area (Å²) in [5.74, 6) is 0.0165. The molecule has 2 aliphatic rings. The monoisotopic (exact) mass is 413 g/mol. The second-order valence-electron chi connectivity index (χ2n) is 9.48. The van der Waals surface area contributed by atoms with Gasteiger partial charge in [0.05, 0.1) is 17.8 Å². The molecule has 2 fully saturated rings. The van der Waals surface area contributed by atoms with E-state index in [0.29, 0.717) is 17.2 Å². The van der Waals surface area contributed by atoms with Crippen molar-refractivity contribution in [1.29, 1.82) is 0 Å². The number of aromatic nitrogens is 2. The van der Waals surface area contributed by atoms with Gasteiger partial charge >= 0.3 is 0 Å². The highest BCUT2D eigenvalue weighted by Gasteiger charge is 2.61. The summed E-state index contributed by atoms with van der Waals surface area (Å²) in [5.41, 5.74) is 2.54. The van der Waals surface area contributed by atoms with Crippen LogP contribution in [-0.4, -0.2) is 33.9 Å². The molecule has 2 unspecified atom stereocenters. The van der Waals surface area contributed by atoms with Gasteiger partial charge in [-0.2, -0.15) is 0 Å². The SMILES string of the molecule is CC(C)=CC1C(C(=O)N2CCC(c3ncc(-c4ccc(F)c(F)c4)[nH]3)CC2)C1(C)C. The number of likely N-dealkylation sites (tertiary alicyclic amines) is 1. The van der Waals surface area contributed by atoms with E-state index in [1.807, 2.05) is 4.90 Å². The lowest BCUT2D eigenvalue weighted by molar-refractivity contribution is -0.134. The van der Waals surface area contributed by atoms with Crippen molar-refractivity contribution in [2.45, 2.75) is 46.5 Å². The molecule has 0 spiro atoms. The lowest BCUT2D eigenvalue weighted by Gasteiger charge is -2.31. The van der Waals surface area contributed by atoms with Crippen LogP contribution in [-0.2, 0) is 4.79 Å². The molecular formula is C24H29F2N3O. The number of halogens is 2. The molecule has 0 radical (unpaired) electrons. The highest BCUT2D eigenvalue weighted by Crippen LogP contribution is 2.60. The first-order chi connectivity index (χ1) is 14.2. The molecule has 4 nitrogen and oxygen atoms in total. The van der Waals surface area contributed by atoms with Crippen molar-refractivity contribution in [1.82, 2.24) is 14.9 Å².